The molecule has 0 saturated heterocycles. The molecule has 0 bridgehead atoms. The molecular formula is C14H15N5O5. The highest BCUT2D eigenvalue weighted by Gasteiger charge is 2.24. The van der Waals surface area contributed by atoms with E-state index in [1.165, 1.54) is 22.9 Å². The fourth-order valence-corrected chi connectivity index (χ4v) is 2.15. The number of rotatable bonds is 6. The van der Waals surface area contributed by atoms with Gasteiger partial charge in [0.05, 0.1) is 16.3 Å². The number of benzene rings is 1. The van der Waals surface area contributed by atoms with E-state index in [2.05, 4.69) is 10.3 Å². The van der Waals surface area contributed by atoms with Crippen LogP contribution < -0.4 is 0 Å². The summed E-state index contributed by atoms with van der Waals surface area (Å²) in [4.78, 5) is 34.7. The standard InChI is InChI=1S/C14H15N5O5/c1-3-17(8-12(20)21)14(22)13-9(2)18(16-15-13)10-5-4-6-11(7-10)19(23)24/h4-7H,3,8H2,1-2H3,(H,20,21). The number of aromatic nitrogens is 3. The molecule has 0 aliphatic rings. The molecule has 0 radical (unpaired) electrons. The van der Waals surface area contributed by atoms with Crippen molar-refractivity contribution in [2.75, 3.05) is 13.1 Å². The molecule has 1 aromatic carbocycles. The molecule has 2 aromatic rings. The number of hydrogen-bond donors (Lipinski definition) is 1. The van der Waals surface area contributed by atoms with Crippen LogP contribution in [-0.4, -0.2) is 54.9 Å². The molecule has 24 heavy (non-hydrogen) atoms. The molecule has 0 unspecified atom stereocenters. The predicted octanol–water partition coefficient (Wildman–Crippen LogP) is 1.03. The summed E-state index contributed by atoms with van der Waals surface area (Å²) in [7, 11) is 0. The number of carbonyl (C=O) groups excluding carboxylic acids is 1. The lowest BCUT2D eigenvalue weighted by molar-refractivity contribution is -0.384. The lowest BCUT2D eigenvalue weighted by atomic mass is 10.2. The first-order valence-corrected chi connectivity index (χ1v) is 7.03. The molecule has 1 N–H and O–H groups in total. The predicted molar refractivity (Wildman–Crippen MR) is 82.0 cm³/mol. The van der Waals surface area contributed by atoms with Gasteiger partial charge in [-0.2, -0.15) is 0 Å². The Morgan fingerprint density at radius 3 is 2.71 bits per heavy atom. The first kappa shape index (κ1) is 17.1. The Bertz CT molecular complexity index is 801. The summed E-state index contributed by atoms with van der Waals surface area (Å²) in [5.41, 5.74) is 0.639. The van der Waals surface area contributed by atoms with Crippen molar-refractivity contribution in [1.82, 2.24) is 19.9 Å². The van der Waals surface area contributed by atoms with Crippen LogP contribution in [0.2, 0.25) is 0 Å². The summed E-state index contributed by atoms with van der Waals surface area (Å²) in [6.07, 6.45) is 0. The van der Waals surface area contributed by atoms with Crippen LogP contribution >= 0.6 is 0 Å². The van der Waals surface area contributed by atoms with Gasteiger partial charge in [-0.15, -0.1) is 5.10 Å². The fourth-order valence-electron chi connectivity index (χ4n) is 2.15. The van der Waals surface area contributed by atoms with E-state index in [4.69, 9.17) is 5.11 Å². The molecule has 0 saturated carbocycles. The number of carboxylic acids is 1. The van der Waals surface area contributed by atoms with Crippen molar-refractivity contribution in [2.45, 2.75) is 13.8 Å². The largest absolute Gasteiger partial charge is 0.480 e. The normalized spacial score (nSPS) is 10.4. The summed E-state index contributed by atoms with van der Waals surface area (Å²) in [6, 6.07) is 5.74. The van der Waals surface area contributed by atoms with Gasteiger partial charge in [-0.25, -0.2) is 4.68 Å². The maximum Gasteiger partial charge on any atom is 0.323 e. The summed E-state index contributed by atoms with van der Waals surface area (Å²) in [5.74, 6) is -1.69. The molecular weight excluding hydrogens is 318 g/mol. The average Bonchev–Trinajstić information content (AvgIpc) is 2.93. The Morgan fingerprint density at radius 1 is 1.42 bits per heavy atom. The Morgan fingerprint density at radius 2 is 2.12 bits per heavy atom. The third-order valence-corrected chi connectivity index (χ3v) is 3.38. The highest BCUT2D eigenvalue weighted by Crippen LogP contribution is 2.18. The number of hydrogen-bond acceptors (Lipinski definition) is 6. The van der Waals surface area contributed by atoms with E-state index in [1.54, 1.807) is 19.9 Å². The zero-order valence-corrected chi connectivity index (χ0v) is 13.0. The van der Waals surface area contributed by atoms with Gasteiger partial charge in [-0.05, 0) is 19.9 Å². The minimum atomic E-state index is -1.13. The van der Waals surface area contributed by atoms with Crippen molar-refractivity contribution in [3.05, 3.63) is 45.8 Å². The van der Waals surface area contributed by atoms with Gasteiger partial charge >= 0.3 is 5.97 Å². The molecule has 1 aromatic heterocycles. The molecule has 1 heterocycles. The Kier molecular flexibility index (Phi) is 4.87. The summed E-state index contributed by atoms with van der Waals surface area (Å²) >= 11 is 0. The third-order valence-electron chi connectivity index (χ3n) is 3.38. The molecule has 2 rings (SSSR count). The van der Waals surface area contributed by atoms with Crippen LogP contribution in [0.1, 0.15) is 23.1 Å². The van der Waals surface area contributed by atoms with E-state index in [1.807, 2.05) is 0 Å². The fraction of sp³-hybridized carbons (Fsp3) is 0.286. The summed E-state index contributed by atoms with van der Waals surface area (Å²) in [5, 5.41) is 27.4. The molecule has 1 amide bonds. The maximum absolute atomic E-state index is 12.4. The molecule has 0 fully saturated rings. The van der Waals surface area contributed by atoms with E-state index in [0.29, 0.717) is 11.4 Å². The van der Waals surface area contributed by atoms with Gasteiger partial charge in [-0.3, -0.25) is 19.7 Å². The number of nitro benzene ring substituents is 1. The second-order valence-electron chi connectivity index (χ2n) is 4.93. The van der Waals surface area contributed by atoms with E-state index in [9.17, 15) is 19.7 Å². The van der Waals surface area contributed by atoms with Gasteiger partial charge < -0.3 is 10.0 Å². The van der Waals surface area contributed by atoms with Gasteiger partial charge in [0.15, 0.2) is 5.69 Å². The van der Waals surface area contributed by atoms with Crippen LogP contribution in [-0.2, 0) is 4.79 Å². The second-order valence-corrected chi connectivity index (χ2v) is 4.93. The van der Waals surface area contributed by atoms with E-state index < -0.39 is 23.3 Å². The monoisotopic (exact) mass is 333 g/mol. The van der Waals surface area contributed by atoms with Crippen molar-refractivity contribution < 1.29 is 19.6 Å². The maximum atomic E-state index is 12.4. The molecule has 10 heteroatoms. The molecule has 0 aliphatic carbocycles. The molecule has 0 spiro atoms. The number of carboxylic acid groups (broad SMARTS) is 1. The topological polar surface area (TPSA) is 131 Å². The van der Waals surface area contributed by atoms with E-state index in [0.717, 1.165) is 4.90 Å². The van der Waals surface area contributed by atoms with Crippen molar-refractivity contribution in [2.24, 2.45) is 0 Å². The zero-order valence-electron chi connectivity index (χ0n) is 13.0. The molecule has 0 atom stereocenters. The van der Waals surface area contributed by atoms with Gasteiger partial charge in [0.25, 0.3) is 11.6 Å². The number of nitro groups is 1. The van der Waals surface area contributed by atoms with Gasteiger partial charge in [0.1, 0.15) is 6.54 Å². The number of non-ortho nitro benzene ring substituents is 1. The van der Waals surface area contributed by atoms with Crippen LogP contribution in [0.15, 0.2) is 24.3 Å². The SMILES string of the molecule is CCN(CC(=O)O)C(=O)c1nnn(-c2cccc([N+](=O)[O-])c2)c1C. The lowest BCUT2D eigenvalue weighted by Gasteiger charge is -2.17. The van der Waals surface area contributed by atoms with Crippen LogP contribution in [0.5, 0.6) is 0 Å². The quantitative estimate of drug-likeness (QED) is 0.616. The molecule has 0 aliphatic heterocycles. The average molecular weight is 333 g/mol. The Balaban J connectivity index is 2.38. The summed E-state index contributed by atoms with van der Waals surface area (Å²) < 4.78 is 1.30. The van der Waals surface area contributed by atoms with Crippen LogP contribution in [0.3, 0.4) is 0 Å². The molecule has 10 nitrogen and oxygen atoms in total. The van der Waals surface area contributed by atoms with Crippen molar-refractivity contribution >= 4 is 17.6 Å². The first-order chi connectivity index (χ1) is 11.3. The highest BCUT2D eigenvalue weighted by atomic mass is 16.6. The van der Waals surface area contributed by atoms with Crippen LogP contribution in [0, 0.1) is 17.0 Å². The summed E-state index contributed by atoms with van der Waals surface area (Å²) in [6.45, 7) is 2.99. The number of amides is 1. The minimum absolute atomic E-state index is 0.00426. The van der Waals surface area contributed by atoms with Crippen LogP contribution in [0.25, 0.3) is 5.69 Å². The van der Waals surface area contributed by atoms with Crippen LogP contribution in [0.4, 0.5) is 5.69 Å². The van der Waals surface area contributed by atoms with Crippen molar-refractivity contribution in [1.29, 1.82) is 0 Å². The van der Waals surface area contributed by atoms with Crippen molar-refractivity contribution in [3.8, 4) is 5.69 Å². The smallest absolute Gasteiger partial charge is 0.323 e. The number of likely N-dealkylation sites (N-methyl/N-ethyl adjacent to an activating group) is 1. The number of nitrogens with zero attached hydrogens (tertiary/aromatic N) is 5. The Hall–Kier alpha value is -3.30. The third kappa shape index (κ3) is 3.37. The van der Waals surface area contributed by atoms with E-state index >= 15 is 0 Å². The number of aliphatic carboxylic acids is 1. The van der Waals surface area contributed by atoms with Crippen molar-refractivity contribution in [3.63, 3.8) is 0 Å². The van der Waals surface area contributed by atoms with Gasteiger partial charge in [-0.1, -0.05) is 11.3 Å². The van der Waals surface area contributed by atoms with E-state index in [-0.39, 0.29) is 17.9 Å². The van der Waals surface area contributed by atoms with Gasteiger partial charge in [0.2, 0.25) is 0 Å². The first-order valence-electron chi connectivity index (χ1n) is 7.03. The Labute approximate surface area is 136 Å². The minimum Gasteiger partial charge on any atom is -0.480 e. The number of carbonyl (C=O) groups is 2. The molecule has 126 valence electrons. The zero-order chi connectivity index (χ0) is 17.9. The van der Waals surface area contributed by atoms with Gasteiger partial charge in [0, 0.05) is 18.7 Å². The second kappa shape index (κ2) is 6.86. The lowest BCUT2D eigenvalue weighted by Crippen LogP contribution is -2.36. The highest BCUT2D eigenvalue weighted by molar-refractivity contribution is 5.95.